The monoisotopic (exact) mass is 708 g/mol. The van der Waals surface area contributed by atoms with Crippen LogP contribution < -0.4 is 16.6 Å². The second-order valence-electron chi connectivity index (χ2n) is 12.2. The fraction of sp³-hybridized carbons (Fsp3) is 0.333. The van der Waals surface area contributed by atoms with Gasteiger partial charge in [0.2, 0.25) is 0 Å². The van der Waals surface area contributed by atoms with Gasteiger partial charge < -0.3 is 34.7 Å². The van der Waals surface area contributed by atoms with Gasteiger partial charge in [-0.05, 0) is 115 Å². The van der Waals surface area contributed by atoms with Gasteiger partial charge in [-0.3, -0.25) is 14.2 Å². The zero-order valence-electron chi connectivity index (χ0n) is 27.7. The summed E-state index contributed by atoms with van der Waals surface area (Å²) in [6.45, 7) is 2.93. The number of rotatable bonds is 8. The largest absolute Gasteiger partial charge is 0.488 e. The summed E-state index contributed by atoms with van der Waals surface area (Å²) in [7, 11) is -1.51. The van der Waals surface area contributed by atoms with Gasteiger partial charge in [-0.2, -0.15) is 0 Å². The van der Waals surface area contributed by atoms with Crippen molar-refractivity contribution in [1.82, 2.24) is 9.55 Å². The first-order valence-electron chi connectivity index (χ1n) is 16.4. The van der Waals surface area contributed by atoms with E-state index in [1.165, 1.54) is 65.2 Å². The number of carboxylic acid groups (broad SMARTS) is 2. The van der Waals surface area contributed by atoms with Crippen LogP contribution in [0.5, 0.6) is 0 Å². The lowest BCUT2D eigenvalue weighted by Gasteiger charge is -2.22. The maximum absolute atomic E-state index is 13.1. The Hall–Kier alpha value is -4.96. The number of carbonyl (C=O) groups is 2. The Bertz CT molecular complexity index is 1870. The van der Waals surface area contributed by atoms with E-state index in [4.69, 9.17) is 24.6 Å². The van der Waals surface area contributed by atoms with E-state index in [1.54, 1.807) is 12.4 Å². The fourth-order valence-corrected chi connectivity index (χ4v) is 5.70. The summed E-state index contributed by atoms with van der Waals surface area (Å²) in [5, 5.41) is 35.3. The minimum absolute atomic E-state index is 0.186. The van der Waals surface area contributed by atoms with Crippen LogP contribution in [0.15, 0.2) is 82.6 Å². The minimum atomic E-state index is -1.51. The number of ether oxygens (including phenoxy) is 2. The smallest absolute Gasteiger partial charge is 0.477 e. The van der Waals surface area contributed by atoms with E-state index in [9.17, 15) is 33.1 Å². The highest BCUT2D eigenvalue weighted by atomic mass is 19.1. The molecule has 0 radical (unpaired) electrons. The highest BCUT2D eigenvalue weighted by molar-refractivity contribution is 6.58. The summed E-state index contributed by atoms with van der Waals surface area (Å²) in [5.74, 6) is -2.33. The quantitative estimate of drug-likeness (QED) is 0.170. The number of benzene rings is 2. The average Bonchev–Trinajstić information content (AvgIpc) is 3.11. The van der Waals surface area contributed by atoms with Gasteiger partial charge in [0.1, 0.15) is 22.8 Å². The molecule has 2 aliphatic heterocycles. The zero-order chi connectivity index (χ0) is 36.9. The van der Waals surface area contributed by atoms with Gasteiger partial charge in [-0.25, -0.2) is 18.4 Å². The lowest BCUT2D eigenvalue weighted by Crippen LogP contribution is -2.29. The maximum Gasteiger partial charge on any atom is 0.488 e. The van der Waals surface area contributed by atoms with E-state index in [0.717, 1.165) is 56.4 Å². The van der Waals surface area contributed by atoms with Crippen molar-refractivity contribution in [2.45, 2.75) is 38.5 Å². The Morgan fingerprint density at radius 2 is 1.22 bits per heavy atom. The van der Waals surface area contributed by atoms with Crippen LogP contribution in [0.4, 0.5) is 8.78 Å². The van der Waals surface area contributed by atoms with Crippen LogP contribution in [0.3, 0.4) is 0 Å². The molecule has 0 amide bonds. The van der Waals surface area contributed by atoms with Crippen LogP contribution in [0, 0.1) is 23.5 Å². The van der Waals surface area contributed by atoms with E-state index in [1.807, 2.05) is 0 Å². The molecular formula is C36H39BF2N2O10. The summed E-state index contributed by atoms with van der Waals surface area (Å²) < 4.78 is 37.2. The van der Waals surface area contributed by atoms with Crippen LogP contribution in [0.2, 0.25) is 0 Å². The number of aromatic amines is 1. The van der Waals surface area contributed by atoms with Crippen LogP contribution in [0.25, 0.3) is 5.69 Å². The number of hydrogen-bond donors (Lipinski definition) is 5. The lowest BCUT2D eigenvalue weighted by atomic mass is 9.80. The topological polar surface area (TPSA) is 188 Å². The summed E-state index contributed by atoms with van der Waals surface area (Å²) in [4.78, 5) is 48.4. The predicted molar refractivity (Wildman–Crippen MR) is 184 cm³/mol. The molecule has 51 heavy (non-hydrogen) atoms. The third-order valence-electron chi connectivity index (χ3n) is 8.50. The minimum Gasteiger partial charge on any atom is -0.477 e. The van der Waals surface area contributed by atoms with Crippen molar-refractivity contribution in [2.75, 3.05) is 26.4 Å². The number of H-pyrrole nitrogens is 1. The number of nitrogens with zero attached hydrogens (tertiary/aromatic N) is 1. The van der Waals surface area contributed by atoms with Crippen LogP contribution in [0.1, 0.15) is 57.5 Å². The van der Waals surface area contributed by atoms with E-state index in [0.29, 0.717) is 42.6 Å². The number of pyridine rings is 2. The second kappa shape index (κ2) is 18.9. The molecule has 0 bridgehead atoms. The van der Waals surface area contributed by atoms with Gasteiger partial charge in [-0.15, -0.1) is 0 Å². The Labute approximate surface area is 292 Å². The average molecular weight is 709 g/mol. The van der Waals surface area contributed by atoms with Gasteiger partial charge >= 0.3 is 19.1 Å². The molecule has 0 spiro atoms. The molecule has 2 aromatic carbocycles. The molecule has 4 heterocycles. The van der Waals surface area contributed by atoms with Crippen molar-refractivity contribution >= 4 is 24.5 Å². The highest BCUT2D eigenvalue weighted by Crippen LogP contribution is 2.21. The van der Waals surface area contributed by atoms with Crippen LogP contribution in [-0.2, 0) is 22.3 Å². The van der Waals surface area contributed by atoms with E-state index in [-0.39, 0.29) is 16.9 Å². The first kappa shape index (κ1) is 38.8. The molecule has 2 aliphatic rings. The number of halogens is 2. The summed E-state index contributed by atoms with van der Waals surface area (Å²) >= 11 is 0. The summed E-state index contributed by atoms with van der Waals surface area (Å²) in [6, 6.07) is 13.3. The van der Waals surface area contributed by atoms with Crippen molar-refractivity contribution in [2.24, 2.45) is 11.8 Å². The molecule has 0 atom stereocenters. The van der Waals surface area contributed by atoms with E-state index >= 15 is 0 Å². The molecular weight excluding hydrogens is 669 g/mol. The van der Waals surface area contributed by atoms with Crippen molar-refractivity contribution in [3.63, 3.8) is 0 Å². The Morgan fingerprint density at radius 3 is 1.71 bits per heavy atom. The van der Waals surface area contributed by atoms with Gasteiger partial charge in [0, 0.05) is 44.5 Å². The van der Waals surface area contributed by atoms with Gasteiger partial charge in [0.25, 0.3) is 11.1 Å². The Kier molecular flexibility index (Phi) is 14.4. The second-order valence-corrected chi connectivity index (χ2v) is 12.2. The Morgan fingerprint density at radius 1 is 0.745 bits per heavy atom. The molecule has 0 unspecified atom stereocenters. The summed E-state index contributed by atoms with van der Waals surface area (Å²) in [5.41, 5.74) is 0.757. The first-order valence-corrected chi connectivity index (χ1v) is 16.4. The Balaban J connectivity index is 0.000000188. The molecule has 0 saturated carbocycles. The zero-order valence-corrected chi connectivity index (χ0v) is 27.7. The van der Waals surface area contributed by atoms with E-state index in [2.05, 4.69) is 4.98 Å². The van der Waals surface area contributed by atoms with Crippen molar-refractivity contribution in [1.29, 1.82) is 0 Å². The highest BCUT2D eigenvalue weighted by Gasteiger charge is 2.19. The predicted octanol–water partition coefficient (Wildman–Crippen LogP) is 3.19. The maximum atomic E-state index is 13.1. The first-order chi connectivity index (χ1) is 24.4. The molecule has 2 aromatic heterocycles. The normalized spacial score (nSPS) is 14.7. The molecule has 2 saturated heterocycles. The van der Waals surface area contributed by atoms with Gasteiger partial charge in [0.05, 0.1) is 0 Å². The standard InChI is InChI=1S/C18H18FNO4.C12H15NO4.C6H6BFO2/c19-14-1-3-15(4-2-14)20-11-13(9-12-5-7-24-8-6-12)10-16(17(20)21)18(22)23;14-11-10(12(15)16)6-9(7-13-11)5-8-1-3-17-4-2-8;8-6-3-1-5(2-4-6)7(9)10/h1-4,10-12H,5-9H2,(H,22,23);6-8H,1-5H2,(H,13,14)(H,15,16);1-4,9-10H. The molecule has 4 aromatic rings. The third-order valence-corrected chi connectivity index (χ3v) is 8.50. The van der Waals surface area contributed by atoms with Crippen molar-refractivity contribution < 1.29 is 48.1 Å². The van der Waals surface area contributed by atoms with Crippen molar-refractivity contribution in [3.05, 3.63) is 128 Å². The number of hydrogen-bond acceptors (Lipinski definition) is 8. The molecule has 12 nitrogen and oxygen atoms in total. The third kappa shape index (κ3) is 11.8. The fourth-order valence-electron chi connectivity index (χ4n) is 5.70. The number of carboxylic acids is 2. The molecule has 0 aliphatic carbocycles. The van der Waals surface area contributed by atoms with Crippen molar-refractivity contribution in [3.8, 4) is 5.69 Å². The number of nitrogens with one attached hydrogen (secondary N) is 1. The lowest BCUT2D eigenvalue weighted by molar-refractivity contribution is 0.0661. The van der Waals surface area contributed by atoms with Gasteiger partial charge in [-0.1, -0.05) is 12.1 Å². The molecule has 5 N–H and O–H groups in total. The number of aromatic nitrogens is 2. The van der Waals surface area contributed by atoms with E-state index < -0.39 is 36.0 Å². The van der Waals surface area contributed by atoms with Crippen LogP contribution in [-0.4, -0.2) is 75.3 Å². The molecule has 2 fully saturated rings. The molecule has 270 valence electrons. The SMILES string of the molecule is O=C(O)c1cc(CC2CCOCC2)c[nH]c1=O.O=C(O)c1cc(CC2CCOCC2)cn(-c2ccc(F)cc2)c1=O.OB(O)c1ccc(F)cc1. The molecule has 6 rings (SSSR count). The number of aromatic carboxylic acids is 2. The van der Waals surface area contributed by atoms with Gasteiger partial charge in [0.15, 0.2) is 0 Å². The summed E-state index contributed by atoms with van der Waals surface area (Å²) in [6.07, 6.45) is 8.53. The van der Waals surface area contributed by atoms with Crippen LogP contribution >= 0.6 is 0 Å². The molecule has 15 heteroatoms.